The van der Waals surface area contributed by atoms with Gasteiger partial charge in [0.1, 0.15) is 6.04 Å². The maximum absolute atomic E-state index is 12.7. The molecule has 1 atom stereocenters. The summed E-state index contributed by atoms with van der Waals surface area (Å²) in [4.78, 5) is 17.2. The smallest absolute Gasteiger partial charge is 0.244 e. The van der Waals surface area contributed by atoms with Crippen molar-refractivity contribution in [3.8, 4) is 0 Å². The predicted molar refractivity (Wildman–Crippen MR) is 105 cm³/mol. The van der Waals surface area contributed by atoms with E-state index < -0.39 is 16.1 Å². The third-order valence-electron chi connectivity index (χ3n) is 4.69. The molecule has 1 aliphatic rings. The molecule has 1 unspecified atom stereocenters. The Kier molecular flexibility index (Phi) is 4.42. The van der Waals surface area contributed by atoms with Gasteiger partial charge in [0, 0.05) is 11.9 Å². The van der Waals surface area contributed by atoms with Gasteiger partial charge in [0.15, 0.2) is 5.13 Å². The minimum Gasteiger partial charge on any atom is -0.301 e. The van der Waals surface area contributed by atoms with Crippen LogP contribution in [0.1, 0.15) is 19.3 Å². The summed E-state index contributed by atoms with van der Waals surface area (Å²) in [5.41, 5.74) is 0.826. The van der Waals surface area contributed by atoms with Crippen LogP contribution in [0, 0.1) is 0 Å². The summed E-state index contributed by atoms with van der Waals surface area (Å²) in [5, 5.41) is 5.55. The number of carbonyl (C=O) groups excluding carboxylic acids is 1. The van der Waals surface area contributed by atoms with Gasteiger partial charge in [-0.3, -0.25) is 4.79 Å². The van der Waals surface area contributed by atoms with Crippen LogP contribution in [0.4, 0.5) is 5.13 Å². The zero-order valence-electron chi connectivity index (χ0n) is 14.3. The van der Waals surface area contributed by atoms with E-state index in [2.05, 4.69) is 10.3 Å². The third kappa shape index (κ3) is 3.20. The molecule has 136 valence electrons. The fraction of sp³-hybridized carbons (Fsp3) is 0.333. The number of thiazole rings is 1. The molecule has 1 N–H and O–H groups in total. The Hall–Kier alpha value is -2.03. The van der Waals surface area contributed by atoms with Crippen molar-refractivity contribution in [1.29, 1.82) is 0 Å². The summed E-state index contributed by atoms with van der Waals surface area (Å²) in [6.07, 6.45) is 3.31. The number of benzene rings is 2. The quantitative estimate of drug-likeness (QED) is 0.746. The van der Waals surface area contributed by atoms with E-state index in [9.17, 15) is 13.2 Å². The number of rotatable bonds is 3. The molecule has 3 aromatic rings. The zero-order valence-corrected chi connectivity index (χ0v) is 15.9. The number of amides is 1. The van der Waals surface area contributed by atoms with E-state index >= 15 is 0 Å². The molecule has 1 saturated heterocycles. The average molecular weight is 390 g/mol. The first-order chi connectivity index (χ1) is 12.4. The highest BCUT2D eigenvalue weighted by molar-refractivity contribution is 7.88. The summed E-state index contributed by atoms with van der Waals surface area (Å²) in [6, 6.07) is 11.3. The van der Waals surface area contributed by atoms with Crippen molar-refractivity contribution in [3.63, 3.8) is 0 Å². The number of sulfonamides is 1. The highest BCUT2D eigenvalue weighted by Crippen LogP contribution is 2.33. The molecule has 1 aromatic heterocycles. The van der Waals surface area contributed by atoms with Crippen molar-refractivity contribution in [2.45, 2.75) is 25.3 Å². The number of piperidine rings is 1. The van der Waals surface area contributed by atoms with E-state index in [1.165, 1.54) is 15.6 Å². The van der Waals surface area contributed by atoms with Gasteiger partial charge in [-0.2, -0.15) is 4.31 Å². The van der Waals surface area contributed by atoms with Gasteiger partial charge in [0.2, 0.25) is 15.9 Å². The summed E-state index contributed by atoms with van der Waals surface area (Å²) >= 11 is 1.42. The first-order valence-electron chi connectivity index (χ1n) is 8.49. The van der Waals surface area contributed by atoms with Gasteiger partial charge in [0.25, 0.3) is 0 Å². The van der Waals surface area contributed by atoms with E-state index in [4.69, 9.17) is 0 Å². The number of hydrogen-bond donors (Lipinski definition) is 1. The van der Waals surface area contributed by atoms with Gasteiger partial charge in [-0.25, -0.2) is 13.4 Å². The van der Waals surface area contributed by atoms with Crippen LogP contribution in [0.3, 0.4) is 0 Å². The second kappa shape index (κ2) is 6.61. The normalized spacial score (nSPS) is 19.0. The lowest BCUT2D eigenvalue weighted by molar-refractivity contribution is -0.120. The van der Waals surface area contributed by atoms with Gasteiger partial charge in [0.05, 0.1) is 16.5 Å². The maximum Gasteiger partial charge on any atom is 0.244 e. The summed E-state index contributed by atoms with van der Waals surface area (Å²) in [6.45, 7) is 0.390. The van der Waals surface area contributed by atoms with Crippen LogP contribution in [0.2, 0.25) is 0 Å². The Bertz CT molecular complexity index is 1090. The summed E-state index contributed by atoms with van der Waals surface area (Å²) in [5.74, 6) is -0.307. The molecule has 0 aliphatic carbocycles. The molecule has 26 heavy (non-hydrogen) atoms. The lowest BCUT2D eigenvalue weighted by atomic mass is 10.0. The second-order valence-corrected chi connectivity index (χ2v) is 9.46. The summed E-state index contributed by atoms with van der Waals surface area (Å²) in [7, 11) is -3.41. The second-order valence-electron chi connectivity index (χ2n) is 6.53. The molecular weight excluding hydrogens is 370 g/mol. The number of hydrogen-bond acceptors (Lipinski definition) is 5. The minimum absolute atomic E-state index is 0.307. The van der Waals surface area contributed by atoms with Crippen molar-refractivity contribution in [2.24, 2.45) is 0 Å². The van der Waals surface area contributed by atoms with Crippen LogP contribution in [0.5, 0.6) is 0 Å². The minimum atomic E-state index is -3.41. The molecule has 0 bridgehead atoms. The molecular formula is C18H19N3O3S2. The molecule has 4 rings (SSSR count). The van der Waals surface area contributed by atoms with Crippen molar-refractivity contribution < 1.29 is 13.2 Å². The van der Waals surface area contributed by atoms with Crippen LogP contribution in [-0.2, 0) is 14.8 Å². The van der Waals surface area contributed by atoms with Gasteiger partial charge >= 0.3 is 0 Å². The highest BCUT2D eigenvalue weighted by atomic mass is 32.2. The van der Waals surface area contributed by atoms with Crippen LogP contribution < -0.4 is 5.32 Å². The third-order valence-corrected chi connectivity index (χ3v) is 7.00. The van der Waals surface area contributed by atoms with Gasteiger partial charge in [-0.1, -0.05) is 48.1 Å². The Balaban J connectivity index is 1.64. The van der Waals surface area contributed by atoms with Crippen LogP contribution >= 0.6 is 11.3 Å². The number of fused-ring (bicyclic) bond motifs is 3. The van der Waals surface area contributed by atoms with Crippen LogP contribution in [0.15, 0.2) is 36.4 Å². The Morgan fingerprint density at radius 3 is 2.85 bits per heavy atom. The molecule has 1 aliphatic heterocycles. The fourth-order valence-corrected chi connectivity index (χ4v) is 5.59. The molecule has 0 radical (unpaired) electrons. The SMILES string of the molecule is CS(=O)(=O)N1CCCCC1C(=O)Nc1nc2ccc3ccccc3c2s1. The van der Waals surface area contributed by atoms with Gasteiger partial charge < -0.3 is 5.32 Å². The van der Waals surface area contributed by atoms with Crippen LogP contribution in [0.25, 0.3) is 21.0 Å². The highest BCUT2D eigenvalue weighted by Gasteiger charge is 2.34. The molecule has 0 spiro atoms. The Morgan fingerprint density at radius 1 is 1.23 bits per heavy atom. The lowest BCUT2D eigenvalue weighted by Gasteiger charge is -2.32. The summed E-state index contributed by atoms with van der Waals surface area (Å²) < 4.78 is 26.3. The van der Waals surface area contributed by atoms with E-state index in [0.717, 1.165) is 40.1 Å². The van der Waals surface area contributed by atoms with Crippen molar-refractivity contribution in [3.05, 3.63) is 36.4 Å². The van der Waals surface area contributed by atoms with E-state index in [1.807, 2.05) is 36.4 Å². The predicted octanol–water partition coefficient (Wildman–Crippen LogP) is 3.20. The first-order valence-corrected chi connectivity index (χ1v) is 11.2. The largest absolute Gasteiger partial charge is 0.301 e. The Morgan fingerprint density at radius 2 is 2.04 bits per heavy atom. The molecule has 1 fully saturated rings. The van der Waals surface area contributed by atoms with Gasteiger partial charge in [-0.15, -0.1) is 0 Å². The number of nitrogens with zero attached hydrogens (tertiary/aromatic N) is 2. The molecule has 2 heterocycles. The number of carbonyl (C=O) groups is 1. The molecule has 2 aromatic carbocycles. The number of nitrogens with one attached hydrogen (secondary N) is 1. The molecule has 8 heteroatoms. The Labute approximate surface area is 155 Å². The van der Waals surface area contributed by atoms with E-state index in [-0.39, 0.29) is 5.91 Å². The zero-order chi connectivity index (χ0) is 18.3. The first kappa shape index (κ1) is 17.4. The van der Waals surface area contributed by atoms with E-state index in [0.29, 0.717) is 18.1 Å². The maximum atomic E-state index is 12.7. The van der Waals surface area contributed by atoms with Crippen molar-refractivity contribution in [2.75, 3.05) is 18.1 Å². The molecule has 6 nitrogen and oxygen atoms in total. The van der Waals surface area contributed by atoms with E-state index in [1.54, 1.807) is 0 Å². The van der Waals surface area contributed by atoms with Crippen molar-refractivity contribution >= 4 is 53.4 Å². The average Bonchev–Trinajstić information content (AvgIpc) is 3.04. The number of anilines is 1. The fourth-order valence-electron chi connectivity index (χ4n) is 3.46. The monoisotopic (exact) mass is 389 g/mol. The lowest BCUT2D eigenvalue weighted by Crippen LogP contribution is -2.49. The standard InChI is InChI=1S/C18H19N3O3S2/c1-26(23,24)21-11-5-4-8-15(21)17(22)20-18-19-14-10-9-12-6-2-3-7-13(12)16(14)25-18/h2-3,6-7,9-10,15H,4-5,8,11H2,1H3,(H,19,20,22). The van der Waals surface area contributed by atoms with Crippen LogP contribution in [-0.4, -0.2) is 42.5 Å². The topological polar surface area (TPSA) is 79.4 Å². The van der Waals surface area contributed by atoms with Gasteiger partial charge in [-0.05, 0) is 24.3 Å². The van der Waals surface area contributed by atoms with Crippen molar-refractivity contribution in [1.82, 2.24) is 9.29 Å². The molecule has 0 saturated carbocycles. The number of aromatic nitrogens is 1. The molecule has 1 amide bonds.